The minimum Gasteiger partial charge on any atom is -0.359 e. The first kappa shape index (κ1) is 13.0. The number of hydrogen-bond acceptors (Lipinski definition) is 3. The summed E-state index contributed by atoms with van der Waals surface area (Å²) in [6, 6.07) is 0. The molecule has 92 valence electrons. The smallest absolute Gasteiger partial charge is 0.131 e. The van der Waals surface area contributed by atoms with Gasteiger partial charge in [0, 0.05) is 32.7 Å². The highest BCUT2D eigenvalue weighted by Crippen LogP contribution is 2.25. The van der Waals surface area contributed by atoms with Gasteiger partial charge in [-0.2, -0.15) is 5.10 Å². The fourth-order valence-electron chi connectivity index (χ4n) is 2.19. The van der Waals surface area contributed by atoms with E-state index in [0.29, 0.717) is 6.54 Å². The standard InChI is InChI=1S/C12H24N4/c1-9-10(7-13)11(16(6)14-9)15(5)8-12(2,3)4/h7-8,13H2,1-6H3. The topological polar surface area (TPSA) is 47.1 Å². The van der Waals surface area contributed by atoms with Gasteiger partial charge < -0.3 is 10.6 Å². The summed E-state index contributed by atoms with van der Waals surface area (Å²) in [5.41, 5.74) is 8.22. The van der Waals surface area contributed by atoms with E-state index < -0.39 is 0 Å². The van der Waals surface area contributed by atoms with Crippen molar-refractivity contribution < 1.29 is 0 Å². The zero-order valence-corrected chi connectivity index (χ0v) is 11.3. The van der Waals surface area contributed by atoms with Crippen molar-refractivity contribution in [2.75, 3.05) is 18.5 Å². The average Bonchev–Trinajstić information content (AvgIpc) is 2.37. The molecule has 0 aliphatic rings. The van der Waals surface area contributed by atoms with Crippen LogP contribution in [0.15, 0.2) is 0 Å². The van der Waals surface area contributed by atoms with Gasteiger partial charge in [0.2, 0.25) is 0 Å². The van der Waals surface area contributed by atoms with E-state index in [2.05, 4.69) is 37.8 Å². The van der Waals surface area contributed by atoms with Crippen LogP contribution in [0.1, 0.15) is 32.0 Å². The van der Waals surface area contributed by atoms with Gasteiger partial charge in [0.05, 0.1) is 5.69 Å². The third-order valence-corrected chi connectivity index (χ3v) is 2.59. The lowest BCUT2D eigenvalue weighted by Crippen LogP contribution is -2.31. The van der Waals surface area contributed by atoms with Crippen molar-refractivity contribution in [1.29, 1.82) is 0 Å². The van der Waals surface area contributed by atoms with Crippen LogP contribution >= 0.6 is 0 Å². The van der Waals surface area contributed by atoms with Gasteiger partial charge in [0.25, 0.3) is 0 Å². The SMILES string of the molecule is Cc1nn(C)c(N(C)CC(C)(C)C)c1CN. The molecule has 0 unspecified atom stereocenters. The van der Waals surface area contributed by atoms with Crippen LogP contribution in [0, 0.1) is 12.3 Å². The lowest BCUT2D eigenvalue weighted by atomic mass is 9.96. The molecule has 0 aliphatic carbocycles. The molecule has 1 aromatic rings. The summed E-state index contributed by atoms with van der Waals surface area (Å²) in [6.07, 6.45) is 0. The number of nitrogens with zero attached hydrogens (tertiary/aromatic N) is 3. The molecular weight excluding hydrogens is 200 g/mol. The lowest BCUT2D eigenvalue weighted by Gasteiger charge is -2.28. The summed E-state index contributed by atoms with van der Waals surface area (Å²) in [5, 5.41) is 4.43. The maximum absolute atomic E-state index is 5.79. The second-order valence-electron chi connectivity index (χ2n) is 5.63. The summed E-state index contributed by atoms with van der Waals surface area (Å²) in [7, 11) is 4.07. The number of aryl methyl sites for hydroxylation is 2. The minimum absolute atomic E-state index is 0.263. The molecule has 4 nitrogen and oxygen atoms in total. The molecule has 0 saturated heterocycles. The van der Waals surface area contributed by atoms with Crippen molar-refractivity contribution in [2.24, 2.45) is 18.2 Å². The van der Waals surface area contributed by atoms with Crippen LogP contribution in [-0.4, -0.2) is 23.4 Å². The van der Waals surface area contributed by atoms with Crippen LogP contribution in [0.3, 0.4) is 0 Å². The van der Waals surface area contributed by atoms with E-state index >= 15 is 0 Å². The Kier molecular flexibility index (Phi) is 3.63. The molecule has 0 aromatic carbocycles. The van der Waals surface area contributed by atoms with E-state index in [1.165, 1.54) is 0 Å². The van der Waals surface area contributed by atoms with E-state index in [4.69, 9.17) is 5.73 Å². The quantitative estimate of drug-likeness (QED) is 0.849. The minimum atomic E-state index is 0.263. The largest absolute Gasteiger partial charge is 0.359 e. The zero-order valence-electron chi connectivity index (χ0n) is 11.3. The van der Waals surface area contributed by atoms with Crippen LogP contribution < -0.4 is 10.6 Å². The molecule has 0 atom stereocenters. The van der Waals surface area contributed by atoms with Crippen molar-refractivity contribution in [3.63, 3.8) is 0 Å². The third kappa shape index (κ3) is 2.76. The molecule has 0 fully saturated rings. The van der Waals surface area contributed by atoms with Crippen LogP contribution in [0.4, 0.5) is 5.82 Å². The first-order valence-corrected chi connectivity index (χ1v) is 5.70. The van der Waals surface area contributed by atoms with Crippen molar-refractivity contribution in [3.05, 3.63) is 11.3 Å². The molecule has 1 heterocycles. The van der Waals surface area contributed by atoms with Gasteiger partial charge in [-0.25, -0.2) is 0 Å². The molecule has 4 heteroatoms. The maximum atomic E-state index is 5.79. The molecule has 0 aliphatic heterocycles. The molecule has 16 heavy (non-hydrogen) atoms. The number of nitrogens with two attached hydrogens (primary N) is 1. The van der Waals surface area contributed by atoms with Gasteiger partial charge in [-0.3, -0.25) is 4.68 Å². The zero-order chi connectivity index (χ0) is 12.5. The van der Waals surface area contributed by atoms with E-state index in [1.807, 2.05) is 18.7 Å². The molecule has 2 N–H and O–H groups in total. The predicted molar refractivity (Wildman–Crippen MR) is 68.6 cm³/mol. The van der Waals surface area contributed by atoms with Crippen molar-refractivity contribution in [3.8, 4) is 0 Å². The Balaban J connectivity index is 3.03. The Labute approximate surface area is 98.4 Å². The van der Waals surface area contributed by atoms with Gasteiger partial charge in [-0.1, -0.05) is 20.8 Å². The molecular formula is C12H24N4. The van der Waals surface area contributed by atoms with Gasteiger partial charge in [0.15, 0.2) is 0 Å². The Morgan fingerprint density at radius 1 is 1.38 bits per heavy atom. The average molecular weight is 224 g/mol. The molecule has 0 spiro atoms. The number of anilines is 1. The predicted octanol–water partition coefficient (Wildman–Crippen LogP) is 1.67. The highest BCUT2D eigenvalue weighted by Gasteiger charge is 2.20. The molecule has 1 rings (SSSR count). The van der Waals surface area contributed by atoms with Crippen molar-refractivity contribution in [1.82, 2.24) is 9.78 Å². The van der Waals surface area contributed by atoms with Gasteiger partial charge in [0.1, 0.15) is 5.82 Å². The fraction of sp³-hybridized carbons (Fsp3) is 0.750. The first-order chi connectivity index (χ1) is 7.26. The Morgan fingerprint density at radius 3 is 2.38 bits per heavy atom. The molecule has 0 radical (unpaired) electrons. The summed E-state index contributed by atoms with van der Waals surface area (Å²) in [6.45, 7) is 10.2. The second-order valence-corrected chi connectivity index (χ2v) is 5.63. The van der Waals surface area contributed by atoms with Crippen LogP contribution in [0.25, 0.3) is 0 Å². The van der Waals surface area contributed by atoms with E-state index in [9.17, 15) is 0 Å². The van der Waals surface area contributed by atoms with Gasteiger partial charge >= 0.3 is 0 Å². The Bertz CT molecular complexity index is 360. The molecule has 0 bridgehead atoms. The van der Waals surface area contributed by atoms with Crippen LogP contribution in [-0.2, 0) is 13.6 Å². The van der Waals surface area contributed by atoms with Crippen molar-refractivity contribution in [2.45, 2.75) is 34.2 Å². The van der Waals surface area contributed by atoms with Crippen LogP contribution in [0.2, 0.25) is 0 Å². The Hall–Kier alpha value is -1.03. The third-order valence-electron chi connectivity index (χ3n) is 2.59. The first-order valence-electron chi connectivity index (χ1n) is 5.70. The normalized spacial score (nSPS) is 11.9. The highest BCUT2D eigenvalue weighted by atomic mass is 15.4. The second kappa shape index (κ2) is 4.45. The summed E-state index contributed by atoms with van der Waals surface area (Å²) in [4.78, 5) is 2.24. The fourth-order valence-corrected chi connectivity index (χ4v) is 2.19. The summed E-state index contributed by atoms with van der Waals surface area (Å²) < 4.78 is 1.92. The summed E-state index contributed by atoms with van der Waals surface area (Å²) in [5.74, 6) is 1.13. The highest BCUT2D eigenvalue weighted by molar-refractivity contribution is 5.49. The van der Waals surface area contributed by atoms with Crippen molar-refractivity contribution >= 4 is 5.82 Å². The monoisotopic (exact) mass is 224 g/mol. The number of aromatic nitrogens is 2. The molecule has 0 amide bonds. The summed E-state index contributed by atoms with van der Waals surface area (Å²) >= 11 is 0. The lowest BCUT2D eigenvalue weighted by molar-refractivity contribution is 0.415. The van der Waals surface area contributed by atoms with E-state index in [0.717, 1.165) is 23.6 Å². The van der Waals surface area contributed by atoms with E-state index in [-0.39, 0.29) is 5.41 Å². The molecule has 0 saturated carbocycles. The number of rotatable bonds is 3. The molecule has 1 aromatic heterocycles. The van der Waals surface area contributed by atoms with E-state index in [1.54, 1.807) is 0 Å². The number of hydrogen-bond donors (Lipinski definition) is 1. The van der Waals surface area contributed by atoms with Crippen LogP contribution in [0.5, 0.6) is 0 Å². The maximum Gasteiger partial charge on any atom is 0.131 e. The Morgan fingerprint density at radius 2 is 1.94 bits per heavy atom. The van der Waals surface area contributed by atoms with Gasteiger partial charge in [-0.05, 0) is 12.3 Å². The van der Waals surface area contributed by atoms with Gasteiger partial charge in [-0.15, -0.1) is 0 Å².